The molecule has 0 radical (unpaired) electrons. The predicted molar refractivity (Wildman–Crippen MR) is 65.0 cm³/mol. The number of hydrogen-bond acceptors (Lipinski definition) is 4. The van der Waals surface area contributed by atoms with Gasteiger partial charge in [0.2, 0.25) is 0 Å². The van der Waals surface area contributed by atoms with Gasteiger partial charge in [0, 0.05) is 18.9 Å². The van der Waals surface area contributed by atoms with Crippen LogP contribution in [0.1, 0.15) is 29.5 Å². The second kappa shape index (κ2) is 5.16. The third-order valence-electron chi connectivity index (χ3n) is 3.03. The average molecular weight is 234 g/mol. The highest BCUT2D eigenvalue weighted by molar-refractivity contribution is 5.18. The van der Waals surface area contributed by atoms with Gasteiger partial charge in [-0.25, -0.2) is 5.43 Å². The van der Waals surface area contributed by atoms with Crippen molar-refractivity contribution < 1.29 is 4.42 Å². The minimum Gasteiger partial charge on any atom is -0.467 e. The average Bonchev–Trinajstić information content (AvgIpc) is 2.90. The SMILES string of the molecule is Cc1ccoc1C(CCc1ccnn1C)NN. The van der Waals surface area contributed by atoms with Crippen LogP contribution in [0, 0.1) is 6.92 Å². The number of nitrogens with two attached hydrogens (primary N) is 1. The molecule has 2 aromatic heterocycles. The lowest BCUT2D eigenvalue weighted by atomic mass is 10.1. The first-order valence-corrected chi connectivity index (χ1v) is 5.69. The molecular formula is C12H18N4O. The number of aryl methyl sites for hydroxylation is 3. The van der Waals surface area contributed by atoms with Crippen molar-refractivity contribution in [1.82, 2.24) is 15.2 Å². The maximum atomic E-state index is 5.58. The Bertz CT molecular complexity index is 474. The first-order chi connectivity index (χ1) is 8.22. The van der Waals surface area contributed by atoms with E-state index in [1.807, 2.05) is 30.8 Å². The Morgan fingerprint density at radius 1 is 1.53 bits per heavy atom. The number of nitrogens with one attached hydrogen (secondary N) is 1. The van der Waals surface area contributed by atoms with Crippen LogP contribution in [0.4, 0.5) is 0 Å². The molecule has 0 saturated heterocycles. The lowest BCUT2D eigenvalue weighted by molar-refractivity contribution is 0.396. The van der Waals surface area contributed by atoms with E-state index >= 15 is 0 Å². The summed E-state index contributed by atoms with van der Waals surface area (Å²) in [5.41, 5.74) is 5.12. The first kappa shape index (κ1) is 11.9. The Kier molecular flexibility index (Phi) is 3.61. The number of nitrogens with zero attached hydrogens (tertiary/aromatic N) is 2. The number of aromatic nitrogens is 2. The van der Waals surface area contributed by atoms with E-state index in [-0.39, 0.29) is 6.04 Å². The van der Waals surface area contributed by atoms with Crippen molar-refractivity contribution in [3.05, 3.63) is 41.6 Å². The quantitative estimate of drug-likeness (QED) is 0.607. The van der Waals surface area contributed by atoms with Crippen LogP contribution < -0.4 is 11.3 Å². The summed E-state index contributed by atoms with van der Waals surface area (Å²) in [6, 6.07) is 4.01. The van der Waals surface area contributed by atoms with E-state index in [1.54, 1.807) is 12.5 Å². The molecule has 0 saturated carbocycles. The van der Waals surface area contributed by atoms with Gasteiger partial charge in [-0.1, -0.05) is 0 Å². The van der Waals surface area contributed by atoms with Gasteiger partial charge in [-0.15, -0.1) is 0 Å². The van der Waals surface area contributed by atoms with Crippen molar-refractivity contribution in [1.29, 1.82) is 0 Å². The summed E-state index contributed by atoms with van der Waals surface area (Å²) in [6.07, 6.45) is 5.29. The molecule has 2 aromatic rings. The third kappa shape index (κ3) is 2.57. The Morgan fingerprint density at radius 2 is 2.35 bits per heavy atom. The molecule has 0 amide bonds. The fraction of sp³-hybridized carbons (Fsp3) is 0.417. The Hall–Kier alpha value is -1.59. The second-order valence-corrected chi connectivity index (χ2v) is 4.17. The van der Waals surface area contributed by atoms with Crippen molar-refractivity contribution in [3.8, 4) is 0 Å². The monoisotopic (exact) mass is 234 g/mol. The highest BCUT2D eigenvalue weighted by atomic mass is 16.3. The summed E-state index contributed by atoms with van der Waals surface area (Å²) in [4.78, 5) is 0. The summed E-state index contributed by atoms with van der Waals surface area (Å²) in [7, 11) is 1.94. The molecule has 3 N–H and O–H groups in total. The van der Waals surface area contributed by atoms with Gasteiger partial charge in [0.05, 0.1) is 12.3 Å². The Balaban J connectivity index is 2.02. The Labute approximate surface area is 101 Å². The number of hydrazine groups is 1. The second-order valence-electron chi connectivity index (χ2n) is 4.17. The van der Waals surface area contributed by atoms with E-state index in [9.17, 15) is 0 Å². The molecule has 0 fully saturated rings. The minimum atomic E-state index is 0.0416. The highest BCUT2D eigenvalue weighted by Crippen LogP contribution is 2.22. The molecule has 0 bridgehead atoms. The summed E-state index contributed by atoms with van der Waals surface area (Å²) in [5.74, 6) is 6.49. The largest absolute Gasteiger partial charge is 0.467 e. The Morgan fingerprint density at radius 3 is 2.88 bits per heavy atom. The molecule has 0 spiro atoms. The zero-order valence-electron chi connectivity index (χ0n) is 10.2. The van der Waals surface area contributed by atoms with Crippen molar-refractivity contribution in [3.63, 3.8) is 0 Å². The minimum absolute atomic E-state index is 0.0416. The van der Waals surface area contributed by atoms with Gasteiger partial charge in [0.15, 0.2) is 0 Å². The molecule has 0 aliphatic carbocycles. The first-order valence-electron chi connectivity index (χ1n) is 5.69. The third-order valence-corrected chi connectivity index (χ3v) is 3.03. The van der Waals surface area contributed by atoms with E-state index < -0.39 is 0 Å². The molecule has 92 valence electrons. The van der Waals surface area contributed by atoms with E-state index in [0.717, 1.165) is 24.2 Å². The van der Waals surface area contributed by atoms with E-state index in [2.05, 4.69) is 10.5 Å². The maximum Gasteiger partial charge on any atom is 0.124 e. The van der Waals surface area contributed by atoms with Gasteiger partial charge >= 0.3 is 0 Å². The van der Waals surface area contributed by atoms with Crippen LogP contribution in [-0.2, 0) is 13.5 Å². The lowest BCUT2D eigenvalue weighted by Crippen LogP contribution is -2.28. The number of furan rings is 1. The van der Waals surface area contributed by atoms with Crippen LogP contribution in [0.15, 0.2) is 29.0 Å². The molecule has 2 heterocycles. The molecule has 0 aliphatic rings. The van der Waals surface area contributed by atoms with Crippen LogP contribution in [0.3, 0.4) is 0 Å². The standard InChI is InChI=1S/C12H18N4O/c1-9-6-8-17-12(9)11(15-13)4-3-10-5-7-14-16(10)2/h5-8,11,15H,3-4,13H2,1-2H3. The van der Waals surface area contributed by atoms with E-state index in [0.29, 0.717) is 0 Å². The molecule has 5 nitrogen and oxygen atoms in total. The van der Waals surface area contributed by atoms with Gasteiger partial charge in [0.1, 0.15) is 5.76 Å². The lowest BCUT2D eigenvalue weighted by Gasteiger charge is -2.14. The summed E-state index contributed by atoms with van der Waals surface area (Å²) >= 11 is 0. The van der Waals surface area contributed by atoms with Crippen molar-refractivity contribution in [2.45, 2.75) is 25.8 Å². The fourth-order valence-corrected chi connectivity index (χ4v) is 1.97. The summed E-state index contributed by atoms with van der Waals surface area (Å²) in [6.45, 7) is 2.02. The number of hydrogen-bond donors (Lipinski definition) is 2. The van der Waals surface area contributed by atoms with Crippen LogP contribution in [0.25, 0.3) is 0 Å². The smallest absolute Gasteiger partial charge is 0.124 e. The highest BCUT2D eigenvalue weighted by Gasteiger charge is 2.16. The van der Waals surface area contributed by atoms with Crippen LogP contribution in [0.2, 0.25) is 0 Å². The maximum absolute atomic E-state index is 5.58. The molecule has 17 heavy (non-hydrogen) atoms. The topological polar surface area (TPSA) is 69.0 Å². The molecular weight excluding hydrogens is 216 g/mol. The van der Waals surface area contributed by atoms with Gasteiger partial charge in [-0.3, -0.25) is 10.5 Å². The molecule has 5 heteroatoms. The van der Waals surface area contributed by atoms with E-state index in [4.69, 9.17) is 10.3 Å². The molecule has 0 aromatic carbocycles. The van der Waals surface area contributed by atoms with Gasteiger partial charge in [-0.2, -0.15) is 5.10 Å². The number of rotatable bonds is 5. The van der Waals surface area contributed by atoms with Crippen molar-refractivity contribution in [2.75, 3.05) is 0 Å². The van der Waals surface area contributed by atoms with Crippen LogP contribution in [-0.4, -0.2) is 9.78 Å². The van der Waals surface area contributed by atoms with Crippen molar-refractivity contribution >= 4 is 0 Å². The zero-order valence-corrected chi connectivity index (χ0v) is 10.2. The van der Waals surface area contributed by atoms with E-state index in [1.165, 1.54) is 5.69 Å². The summed E-state index contributed by atoms with van der Waals surface area (Å²) < 4.78 is 7.33. The normalized spacial score (nSPS) is 12.9. The molecule has 0 aliphatic heterocycles. The van der Waals surface area contributed by atoms with Gasteiger partial charge in [-0.05, 0) is 37.5 Å². The van der Waals surface area contributed by atoms with Crippen LogP contribution in [0.5, 0.6) is 0 Å². The molecule has 1 atom stereocenters. The van der Waals surface area contributed by atoms with Gasteiger partial charge in [0.25, 0.3) is 0 Å². The predicted octanol–water partition coefficient (Wildman–Crippen LogP) is 1.46. The zero-order chi connectivity index (χ0) is 12.3. The summed E-state index contributed by atoms with van der Waals surface area (Å²) in [5, 5.41) is 4.14. The molecule has 1 unspecified atom stereocenters. The fourth-order valence-electron chi connectivity index (χ4n) is 1.97. The van der Waals surface area contributed by atoms with Gasteiger partial charge < -0.3 is 4.42 Å². The molecule has 2 rings (SSSR count). The van der Waals surface area contributed by atoms with Crippen molar-refractivity contribution in [2.24, 2.45) is 12.9 Å². The van der Waals surface area contributed by atoms with Crippen LogP contribution >= 0.6 is 0 Å².